The highest BCUT2D eigenvalue weighted by Gasteiger charge is 2.51. The van der Waals surface area contributed by atoms with Crippen LogP contribution in [-0.2, 0) is 5.41 Å². The van der Waals surface area contributed by atoms with Crippen LogP contribution >= 0.6 is 11.8 Å². The Morgan fingerprint density at radius 2 is 0.845 bits per heavy atom. The van der Waals surface area contributed by atoms with Gasteiger partial charge in [0.25, 0.3) is 0 Å². The third-order valence-electron chi connectivity index (χ3n) is 11.8. The van der Waals surface area contributed by atoms with Crippen LogP contribution in [0.1, 0.15) is 27.8 Å². The van der Waals surface area contributed by atoms with E-state index in [1.165, 1.54) is 54.3 Å². The average Bonchev–Trinajstić information content (AvgIpc) is 3.60. The number of hydrogen-bond donors (Lipinski definition) is 0. The van der Waals surface area contributed by atoms with Crippen molar-refractivity contribution in [1.29, 1.82) is 5.26 Å². The minimum absolute atomic E-state index is 0.578. The third-order valence-corrected chi connectivity index (χ3v) is 13.1. The van der Waals surface area contributed by atoms with Crippen molar-refractivity contribution in [3.8, 4) is 73.1 Å². The second-order valence-electron chi connectivity index (χ2n) is 14.9. The molecule has 2 nitrogen and oxygen atoms in total. The number of hydrogen-bond acceptors (Lipinski definition) is 3. The van der Waals surface area contributed by atoms with Crippen molar-refractivity contribution < 1.29 is 0 Å². The Balaban J connectivity index is 1.20. The molecule has 0 bridgehead atoms. The van der Waals surface area contributed by atoms with Crippen LogP contribution in [0.15, 0.2) is 216 Å². The first kappa shape index (κ1) is 34.0. The molecule has 0 N–H and O–H groups in total. The first-order valence-electron chi connectivity index (χ1n) is 19.6. The molecule has 0 saturated carbocycles. The van der Waals surface area contributed by atoms with Crippen LogP contribution in [0.2, 0.25) is 0 Å². The van der Waals surface area contributed by atoms with Crippen molar-refractivity contribution in [2.24, 2.45) is 0 Å². The highest BCUT2D eigenvalue weighted by molar-refractivity contribution is 7.99. The fraction of sp³-hybridized carbons (Fsp3) is 0.0182. The summed E-state index contributed by atoms with van der Waals surface area (Å²) in [6, 6.07) is 76.2. The van der Waals surface area contributed by atoms with E-state index in [9.17, 15) is 5.26 Å². The molecule has 58 heavy (non-hydrogen) atoms. The Labute approximate surface area is 342 Å². The Hall–Kier alpha value is -7.25. The molecule has 1 aliphatic carbocycles. The Morgan fingerprint density at radius 1 is 0.362 bits per heavy atom. The van der Waals surface area contributed by atoms with Gasteiger partial charge in [-0.2, -0.15) is 5.26 Å². The predicted molar refractivity (Wildman–Crippen MR) is 238 cm³/mol. The Morgan fingerprint density at radius 3 is 1.53 bits per heavy atom. The maximum atomic E-state index is 9.95. The quantitative estimate of drug-likeness (QED) is 0.176. The van der Waals surface area contributed by atoms with Crippen LogP contribution in [0.5, 0.6) is 0 Å². The topological polar surface area (TPSA) is 36.7 Å². The van der Waals surface area contributed by atoms with Crippen molar-refractivity contribution in [2.45, 2.75) is 15.2 Å². The molecule has 1 aromatic heterocycles. The van der Waals surface area contributed by atoms with E-state index >= 15 is 0 Å². The van der Waals surface area contributed by atoms with E-state index in [-0.39, 0.29) is 0 Å². The van der Waals surface area contributed by atoms with Gasteiger partial charge in [-0.05, 0) is 97.1 Å². The fourth-order valence-corrected chi connectivity index (χ4v) is 10.7. The number of rotatable bonds is 5. The summed E-state index contributed by atoms with van der Waals surface area (Å²) in [4.78, 5) is 7.88. The molecule has 11 rings (SSSR count). The molecule has 0 atom stereocenters. The molecule has 0 unspecified atom stereocenters. The molecule has 0 fully saturated rings. The van der Waals surface area contributed by atoms with Crippen LogP contribution in [-0.4, -0.2) is 4.98 Å². The summed E-state index contributed by atoms with van der Waals surface area (Å²) in [6.45, 7) is 0. The highest BCUT2D eigenvalue weighted by atomic mass is 32.2. The van der Waals surface area contributed by atoms with Crippen LogP contribution < -0.4 is 0 Å². The van der Waals surface area contributed by atoms with E-state index in [0.29, 0.717) is 5.56 Å². The van der Waals surface area contributed by atoms with Gasteiger partial charge in [0, 0.05) is 20.9 Å². The average molecular weight is 755 g/mol. The van der Waals surface area contributed by atoms with E-state index in [4.69, 9.17) is 4.98 Å². The second kappa shape index (κ2) is 13.7. The predicted octanol–water partition coefficient (Wildman–Crippen LogP) is 14.1. The first-order valence-corrected chi connectivity index (χ1v) is 20.4. The molecular formula is C55H34N2S. The van der Waals surface area contributed by atoms with Crippen LogP contribution in [0, 0.1) is 11.3 Å². The van der Waals surface area contributed by atoms with Crippen LogP contribution in [0.4, 0.5) is 0 Å². The third kappa shape index (κ3) is 5.30. The van der Waals surface area contributed by atoms with Crippen molar-refractivity contribution in [1.82, 2.24) is 4.98 Å². The van der Waals surface area contributed by atoms with E-state index < -0.39 is 5.41 Å². The smallest absolute Gasteiger partial charge is 0.0991 e. The molecule has 9 aromatic rings. The van der Waals surface area contributed by atoms with Gasteiger partial charge in [0.2, 0.25) is 0 Å². The number of benzene rings is 8. The standard InChI is InChI=1S/C55H34N2S/c56-35-36-15-11-22-41(31-36)43-25-13-29-49-53(43)58-54-46(26-14-30-50(54)55(49)47-27-9-7-23-44(47)45-24-8-10-28-48(45)55)52-34-42(33-51(57-52)38-18-5-2-6-19-38)40-21-12-20-39(32-40)37-16-3-1-4-17-37/h1-34H. The van der Waals surface area contributed by atoms with Gasteiger partial charge in [0.05, 0.1) is 28.4 Å². The van der Waals surface area contributed by atoms with E-state index in [2.05, 4.69) is 194 Å². The molecule has 270 valence electrons. The molecule has 2 aliphatic rings. The van der Waals surface area contributed by atoms with Crippen molar-refractivity contribution in [3.05, 3.63) is 234 Å². The summed E-state index contributed by atoms with van der Waals surface area (Å²) in [5, 5.41) is 9.95. The summed E-state index contributed by atoms with van der Waals surface area (Å²) >= 11 is 1.83. The van der Waals surface area contributed by atoms with Gasteiger partial charge in [0.1, 0.15) is 0 Å². The summed E-state index contributed by atoms with van der Waals surface area (Å²) in [5.41, 5.74) is 18.4. The molecule has 8 aromatic carbocycles. The summed E-state index contributed by atoms with van der Waals surface area (Å²) in [6.07, 6.45) is 0. The summed E-state index contributed by atoms with van der Waals surface area (Å²) in [7, 11) is 0. The van der Waals surface area contributed by atoms with Gasteiger partial charge >= 0.3 is 0 Å². The van der Waals surface area contributed by atoms with Gasteiger partial charge in [-0.3, -0.25) is 0 Å². The van der Waals surface area contributed by atoms with Crippen molar-refractivity contribution >= 4 is 11.8 Å². The number of nitriles is 1. The van der Waals surface area contributed by atoms with Crippen molar-refractivity contribution in [3.63, 3.8) is 0 Å². The number of aromatic nitrogens is 1. The van der Waals surface area contributed by atoms with E-state index in [1.54, 1.807) is 0 Å². The summed E-state index contributed by atoms with van der Waals surface area (Å²) < 4.78 is 0. The van der Waals surface area contributed by atoms with Gasteiger partial charge in [-0.25, -0.2) is 4.98 Å². The first-order chi connectivity index (χ1) is 28.7. The zero-order valence-electron chi connectivity index (χ0n) is 31.4. The Bertz CT molecular complexity index is 3060. The Kier molecular flexibility index (Phi) is 8.07. The molecule has 0 amide bonds. The van der Waals surface area contributed by atoms with E-state index in [0.717, 1.165) is 44.8 Å². The van der Waals surface area contributed by atoms with Gasteiger partial charge in [-0.1, -0.05) is 188 Å². The molecule has 2 heterocycles. The number of nitrogens with zero attached hydrogens (tertiary/aromatic N) is 2. The van der Waals surface area contributed by atoms with E-state index in [1.807, 2.05) is 30.0 Å². The molecule has 0 saturated heterocycles. The lowest BCUT2D eigenvalue weighted by molar-refractivity contribution is 0.724. The van der Waals surface area contributed by atoms with Gasteiger partial charge in [0.15, 0.2) is 0 Å². The number of pyridine rings is 1. The lowest BCUT2D eigenvalue weighted by Gasteiger charge is -2.41. The van der Waals surface area contributed by atoms with Crippen molar-refractivity contribution in [2.75, 3.05) is 0 Å². The largest absolute Gasteiger partial charge is 0.248 e. The maximum absolute atomic E-state index is 9.95. The molecule has 3 heteroatoms. The van der Waals surface area contributed by atoms with Gasteiger partial charge in [-0.15, -0.1) is 0 Å². The SMILES string of the molecule is N#Cc1cccc(-c2cccc3c2Sc2c(-c4cc(-c5cccc(-c6ccccc6)c5)cc(-c5ccccc5)n4)cccc2C32c3ccccc3-c3ccccc32)c1. The lowest BCUT2D eigenvalue weighted by Crippen LogP contribution is -2.32. The normalized spacial score (nSPS) is 12.9. The van der Waals surface area contributed by atoms with Crippen LogP contribution in [0.25, 0.3) is 67.0 Å². The summed E-state index contributed by atoms with van der Waals surface area (Å²) in [5.74, 6) is 0. The maximum Gasteiger partial charge on any atom is 0.0991 e. The zero-order valence-corrected chi connectivity index (χ0v) is 32.2. The minimum Gasteiger partial charge on any atom is -0.248 e. The zero-order chi connectivity index (χ0) is 38.6. The molecule has 0 radical (unpaired) electrons. The molecular weight excluding hydrogens is 721 g/mol. The second-order valence-corrected chi connectivity index (χ2v) is 16.0. The van der Waals surface area contributed by atoms with Crippen LogP contribution in [0.3, 0.4) is 0 Å². The monoisotopic (exact) mass is 754 g/mol. The fourth-order valence-electron chi connectivity index (χ4n) is 9.23. The molecule has 1 spiro atoms. The highest BCUT2D eigenvalue weighted by Crippen LogP contribution is 2.64. The number of fused-ring (bicyclic) bond motifs is 9. The molecule has 1 aliphatic heterocycles. The lowest BCUT2D eigenvalue weighted by atomic mass is 9.66. The minimum atomic E-state index is -0.578. The van der Waals surface area contributed by atoms with Gasteiger partial charge < -0.3 is 0 Å².